The maximum atomic E-state index is 12.1. The second-order valence-corrected chi connectivity index (χ2v) is 5.08. The van der Waals surface area contributed by atoms with Crippen molar-refractivity contribution in [2.45, 2.75) is 6.92 Å². The van der Waals surface area contributed by atoms with Crippen LogP contribution in [0.2, 0.25) is 10.0 Å². The van der Waals surface area contributed by atoms with E-state index in [9.17, 15) is 4.79 Å². The van der Waals surface area contributed by atoms with E-state index in [2.05, 4.69) is 0 Å². The number of rotatable bonds is 3. The van der Waals surface area contributed by atoms with Gasteiger partial charge < -0.3 is 0 Å². The molecule has 0 N–H and O–H groups in total. The molecule has 96 valence electrons. The van der Waals surface area contributed by atoms with Crippen LogP contribution in [0.25, 0.3) is 5.57 Å². The average Bonchev–Trinajstić information content (AvgIpc) is 2.40. The van der Waals surface area contributed by atoms with Gasteiger partial charge in [0.1, 0.15) is 0 Å². The third-order valence-electron chi connectivity index (χ3n) is 2.78. The predicted octanol–water partition coefficient (Wildman–Crippen LogP) is 5.28. The zero-order valence-corrected chi connectivity index (χ0v) is 11.9. The second-order valence-electron chi connectivity index (χ2n) is 4.21. The molecule has 0 radical (unpaired) electrons. The Bertz CT molecular complexity index is 610. The molecule has 0 atom stereocenters. The summed E-state index contributed by atoms with van der Waals surface area (Å²) >= 11 is 11.6. The van der Waals surface area contributed by atoms with E-state index >= 15 is 0 Å². The smallest absolute Gasteiger partial charge is 0.186 e. The van der Waals surface area contributed by atoms with Crippen LogP contribution in [0, 0.1) is 0 Å². The van der Waals surface area contributed by atoms with Gasteiger partial charge in [-0.25, -0.2) is 0 Å². The molecule has 2 aromatic carbocycles. The zero-order chi connectivity index (χ0) is 13.8. The van der Waals surface area contributed by atoms with Crippen LogP contribution in [0.4, 0.5) is 0 Å². The molecule has 0 spiro atoms. The predicted molar refractivity (Wildman–Crippen MR) is 80.9 cm³/mol. The van der Waals surface area contributed by atoms with Crippen molar-refractivity contribution >= 4 is 34.6 Å². The summed E-state index contributed by atoms with van der Waals surface area (Å²) in [6, 6.07) is 14.3. The molecule has 0 heterocycles. The van der Waals surface area contributed by atoms with E-state index in [1.54, 1.807) is 42.5 Å². The molecule has 0 aliphatic heterocycles. The highest BCUT2D eigenvalue weighted by Crippen LogP contribution is 2.18. The van der Waals surface area contributed by atoms with Crippen molar-refractivity contribution in [1.82, 2.24) is 0 Å². The van der Waals surface area contributed by atoms with Crippen molar-refractivity contribution < 1.29 is 4.79 Å². The van der Waals surface area contributed by atoms with Crippen molar-refractivity contribution in [3.63, 3.8) is 0 Å². The molecule has 0 fully saturated rings. The van der Waals surface area contributed by atoms with Gasteiger partial charge in [-0.05, 0) is 60.5 Å². The molecule has 0 saturated heterocycles. The number of allylic oxidation sites excluding steroid dienone is 2. The summed E-state index contributed by atoms with van der Waals surface area (Å²) < 4.78 is 0. The SMILES string of the molecule is C/C(=C\C(=O)c1ccc(Cl)cc1)c1ccc(Cl)cc1. The summed E-state index contributed by atoms with van der Waals surface area (Å²) in [5.74, 6) is -0.0379. The maximum Gasteiger partial charge on any atom is 0.186 e. The Morgan fingerprint density at radius 3 is 1.74 bits per heavy atom. The topological polar surface area (TPSA) is 17.1 Å². The first-order chi connectivity index (χ1) is 9.06. The first-order valence-corrected chi connectivity index (χ1v) is 6.56. The molecule has 2 rings (SSSR count). The van der Waals surface area contributed by atoms with Gasteiger partial charge in [-0.3, -0.25) is 4.79 Å². The molecule has 0 aliphatic rings. The monoisotopic (exact) mass is 290 g/mol. The summed E-state index contributed by atoms with van der Waals surface area (Å²) in [6.07, 6.45) is 1.62. The molecule has 0 saturated carbocycles. The second kappa shape index (κ2) is 6.05. The lowest BCUT2D eigenvalue weighted by Crippen LogP contribution is -1.95. The first-order valence-electron chi connectivity index (χ1n) is 5.80. The maximum absolute atomic E-state index is 12.1. The van der Waals surface area contributed by atoms with Crippen molar-refractivity contribution in [2.24, 2.45) is 0 Å². The van der Waals surface area contributed by atoms with Crippen LogP contribution in [0.3, 0.4) is 0 Å². The molecule has 19 heavy (non-hydrogen) atoms. The molecule has 3 heteroatoms. The summed E-state index contributed by atoms with van der Waals surface area (Å²) in [6.45, 7) is 1.90. The third-order valence-corrected chi connectivity index (χ3v) is 3.28. The summed E-state index contributed by atoms with van der Waals surface area (Å²) in [5, 5.41) is 1.30. The standard InChI is InChI=1S/C16H12Cl2O/c1-11(12-2-6-14(17)7-3-12)10-16(19)13-4-8-15(18)9-5-13/h2-10H,1H3/b11-10+. The van der Waals surface area contributed by atoms with Gasteiger partial charge in [0, 0.05) is 15.6 Å². The van der Waals surface area contributed by atoms with E-state index in [0.29, 0.717) is 15.6 Å². The Morgan fingerprint density at radius 1 is 0.842 bits per heavy atom. The Balaban J connectivity index is 2.22. The van der Waals surface area contributed by atoms with Gasteiger partial charge in [0.15, 0.2) is 5.78 Å². The fraction of sp³-hybridized carbons (Fsp3) is 0.0625. The number of ketones is 1. The molecular weight excluding hydrogens is 279 g/mol. The molecule has 0 unspecified atom stereocenters. The Kier molecular flexibility index (Phi) is 4.41. The lowest BCUT2D eigenvalue weighted by atomic mass is 10.0. The van der Waals surface area contributed by atoms with E-state index in [1.165, 1.54) is 0 Å². The van der Waals surface area contributed by atoms with Gasteiger partial charge in [0.05, 0.1) is 0 Å². The Labute approximate surface area is 122 Å². The van der Waals surface area contributed by atoms with Gasteiger partial charge in [-0.1, -0.05) is 35.3 Å². The molecule has 2 aromatic rings. The number of carbonyl (C=O) groups excluding carboxylic acids is 1. The molecule has 0 bridgehead atoms. The molecule has 0 aromatic heterocycles. The van der Waals surface area contributed by atoms with Crippen molar-refractivity contribution in [3.05, 3.63) is 75.8 Å². The normalized spacial score (nSPS) is 11.4. The lowest BCUT2D eigenvalue weighted by molar-refractivity contribution is 0.104. The minimum atomic E-state index is -0.0379. The van der Waals surface area contributed by atoms with Crippen LogP contribution in [-0.2, 0) is 0 Å². The quantitative estimate of drug-likeness (QED) is 0.555. The molecule has 0 amide bonds. The summed E-state index contributed by atoms with van der Waals surface area (Å²) in [5.41, 5.74) is 2.50. The van der Waals surface area contributed by atoms with Gasteiger partial charge >= 0.3 is 0 Å². The summed E-state index contributed by atoms with van der Waals surface area (Å²) in [7, 11) is 0. The van der Waals surface area contributed by atoms with E-state index in [0.717, 1.165) is 11.1 Å². The first kappa shape index (κ1) is 13.9. The minimum Gasteiger partial charge on any atom is -0.289 e. The van der Waals surface area contributed by atoms with Crippen LogP contribution in [0.15, 0.2) is 54.6 Å². The highest BCUT2D eigenvalue weighted by Gasteiger charge is 2.04. The number of hydrogen-bond donors (Lipinski definition) is 0. The average molecular weight is 291 g/mol. The highest BCUT2D eigenvalue weighted by atomic mass is 35.5. The molecular formula is C16H12Cl2O. The van der Waals surface area contributed by atoms with Crippen LogP contribution in [0.1, 0.15) is 22.8 Å². The summed E-state index contributed by atoms with van der Waals surface area (Å²) in [4.78, 5) is 12.1. The molecule has 1 nitrogen and oxygen atoms in total. The fourth-order valence-electron chi connectivity index (χ4n) is 1.69. The van der Waals surface area contributed by atoms with Crippen molar-refractivity contribution in [3.8, 4) is 0 Å². The Morgan fingerprint density at radius 2 is 1.26 bits per heavy atom. The molecule has 0 aliphatic carbocycles. The van der Waals surface area contributed by atoms with Gasteiger partial charge in [0.2, 0.25) is 0 Å². The van der Waals surface area contributed by atoms with Crippen molar-refractivity contribution in [2.75, 3.05) is 0 Å². The van der Waals surface area contributed by atoms with Crippen LogP contribution in [0.5, 0.6) is 0 Å². The van der Waals surface area contributed by atoms with E-state index < -0.39 is 0 Å². The number of carbonyl (C=O) groups is 1. The number of halogens is 2. The van der Waals surface area contributed by atoms with Gasteiger partial charge in [-0.2, -0.15) is 0 Å². The highest BCUT2D eigenvalue weighted by molar-refractivity contribution is 6.31. The van der Waals surface area contributed by atoms with Crippen LogP contribution >= 0.6 is 23.2 Å². The van der Waals surface area contributed by atoms with E-state index in [4.69, 9.17) is 23.2 Å². The lowest BCUT2D eigenvalue weighted by Gasteiger charge is -2.02. The van der Waals surface area contributed by atoms with E-state index in [1.807, 2.05) is 19.1 Å². The van der Waals surface area contributed by atoms with Crippen LogP contribution < -0.4 is 0 Å². The van der Waals surface area contributed by atoms with Crippen LogP contribution in [-0.4, -0.2) is 5.78 Å². The minimum absolute atomic E-state index is 0.0379. The zero-order valence-electron chi connectivity index (χ0n) is 10.4. The van der Waals surface area contributed by atoms with Crippen molar-refractivity contribution in [1.29, 1.82) is 0 Å². The third kappa shape index (κ3) is 3.69. The van der Waals surface area contributed by atoms with Gasteiger partial charge in [-0.15, -0.1) is 0 Å². The number of hydrogen-bond acceptors (Lipinski definition) is 1. The Hall–Kier alpha value is -1.57. The largest absolute Gasteiger partial charge is 0.289 e. The van der Waals surface area contributed by atoms with E-state index in [-0.39, 0.29) is 5.78 Å². The number of benzene rings is 2. The van der Waals surface area contributed by atoms with Gasteiger partial charge in [0.25, 0.3) is 0 Å². The fourth-order valence-corrected chi connectivity index (χ4v) is 1.94.